The number of rotatable bonds is 4. The first-order valence-corrected chi connectivity index (χ1v) is 10.1. The standard InChI is InChI=1S/C25H30N2O3/c1-24(2,3)23(29)26-18-9-7-8-16(12-18)22(28)14-21-20-13-19(30-6)11-10-17(20)15-25(4,5)27-21/h7-14,27H,15H2,1-6H3,(H,26,29)/b21-14-. The summed E-state index contributed by atoms with van der Waals surface area (Å²) in [6.07, 6.45) is 2.48. The van der Waals surface area contributed by atoms with Gasteiger partial charge in [0, 0.05) is 39.5 Å². The molecule has 1 amide bonds. The van der Waals surface area contributed by atoms with Gasteiger partial charge in [-0.3, -0.25) is 9.59 Å². The largest absolute Gasteiger partial charge is 0.497 e. The molecular formula is C25H30N2O3. The van der Waals surface area contributed by atoms with Crippen LogP contribution in [0.15, 0.2) is 48.5 Å². The molecule has 0 unspecified atom stereocenters. The molecule has 0 atom stereocenters. The Kier molecular flexibility index (Phi) is 5.75. The summed E-state index contributed by atoms with van der Waals surface area (Å²) < 4.78 is 5.37. The van der Waals surface area contributed by atoms with E-state index in [1.807, 2.05) is 32.9 Å². The van der Waals surface area contributed by atoms with E-state index in [9.17, 15) is 9.59 Å². The summed E-state index contributed by atoms with van der Waals surface area (Å²) in [6, 6.07) is 13.0. The quantitative estimate of drug-likeness (QED) is 0.564. The normalized spacial score (nSPS) is 16.4. The van der Waals surface area contributed by atoms with Crippen LogP contribution in [0.25, 0.3) is 5.70 Å². The zero-order chi connectivity index (χ0) is 22.1. The van der Waals surface area contributed by atoms with E-state index < -0.39 is 5.41 Å². The first kappa shape index (κ1) is 21.6. The maximum Gasteiger partial charge on any atom is 0.229 e. The van der Waals surface area contributed by atoms with Crippen LogP contribution in [0.5, 0.6) is 5.75 Å². The molecule has 2 aromatic carbocycles. The monoisotopic (exact) mass is 406 g/mol. The first-order chi connectivity index (χ1) is 14.0. The van der Waals surface area contributed by atoms with E-state index in [0.29, 0.717) is 11.3 Å². The molecule has 1 heterocycles. The zero-order valence-electron chi connectivity index (χ0n) is 18.6. The van der Waals surface area contributed by atoms with Crippen molar-refractivity contribution in [2.24, 2.45) is 5.41 Å². The van der Waals surface area contributed by atoms with Crippen LogP contribution in [0.3, 0.4) is 0 Å². The van der Waals surface area contributed by atoms with E-state index >= 15 is 0 Å². The fourth-order valence-corrected chi connectivity index (χ4v) is 3.44. The highest BCUT2D eigenvalue weighted by molar-refractivity contribution is 6.09. The molecule has 30 heavy (non-hydrogen) atoms. The van der Waals surface area contributed by atoms with Gasteiger partial charge in [-0.1, -0.05) is 39.0 Å². The topological polar surface area (TPSA) is 67.4 Å². The molecule has 0 aliphatic carbocycles. The van der Waals surface area contributed by atoms with Crippen LogP contribution in [0.2, 0.25) is 0 Å². The molecule has 1 aliphatic heterocycles. The van der Waals surface area contributed by atoms with Crippen molar-refractivity contribution in [3.05, 3.63) is 65.2 Å². The molecular weight excluding hydrogens is 376 g/mol. The molecule has 0 radical (unpaired) electrons. The Morgan fingerprint density at radius 3 is 2.53 bits per heavy atom. The van der Waals surface area contributed by atoms with Gasteiger partial charge in [0.1, 0.15) is 5.75 Å². The third-order valence-corrected chi connectivity index (χ3v) is 5.07. The fraction of sp³-hybridized carbons (Fsp3) is 0.360. The first-order valence-electron chi connectivity index (χ1n) is 10.1. The predicted octanol–water partition coefficient (Wildman–Crippen LogP) is 4.83. The van der Waals surface area contributed by atoms with Crippen LogP contribution in [0.4, 0.5) is 5.69 Å². The predicted molar refractivity (Wildman–Crippen MR) is 121 cm³/mol. The number of anilines is 1. The molecule has 0 bridgehead atoms. The van der Waals surface area contributed by atoms with Crippen molar-refractivity contribution in [3.8, 4) is 5.75 Å². The maximum atomic E-state index is 13.1. The number of nitrogens with one attached hydrogen (secondary N) is 2. The summed E-state index contributed by atoms with van der Waals surface area (Å²) in [5.74, 6) is 0.526. The lowest BCUT2D eigenvalue weighted by Gasteiger charge is -2.35. The van der Waals surface area contributed by atoms with E-state index in [1.54, 1.807) is 37.5 Å². The van der Waals surface area contributed by atoms with Crippen LogP contribution >= 0.6 is 0 Å². The summed E-state index contributed by atoms with van der Waals surface area (Å²) in [6.45, 7) is 9.78. The van der Waals surface area contributed by atoms with Crippen molar-refractivity contribution in [2.75, 3.05) is 12.4 Å². The van der Waals surface area contributed by atoms with Crippen molar-refractivity contribution in [1.82, 2.24) is 5.32 Å². The number of methoxy groups -OCH3 is 1. The zero-order valence-corrected chi connectivity index (χ0v) is 18.6. The van der Waals surface area contributed by atoms with Gasteiger partial charge in [-0.2, -0.15) is 0 Å². The van der Waals surface area contributed by atoms with Gasteiger partial charge in [0.05, 0.1) is 7.11 Å². The minimum atomic E-state index is -0.512. The molecule has 2 N–H and O–H groups in total. The van der Waals surface area contributed by atoms with Crippen molar-refractivity contribution in [2.45, 2.75) is 46.6 Å². The van der Waals surface area contributed by atoms with E-state index in [4.69, 9.17) is 4.74 Å². The minimum Gasteiger partial charge on any atom is -0.497 e. The molecule has 0 saturated heterocycles. The number of allylic oxidation sites excluding steroid dienone is 1. The van der Waals surface area contributed by atoms with Crippen molar-refractivity contribution < 1.29 is 14.3 Å². The summed E-state index contributed by atoms with van der Waals surface area (Å²) >= 11 is 0. The van der Waals surface area contributed by atoms with E-state index in [2.05, 4.69) is 30.5 Å². The van der Waals surface area contributed by atoms with Crippen LogP contribution in [-0.2, 0) is 11.2 Å². The fourth-order valence-electron chi connectivity index (χ4n) is 3.44. The number of benzene rings is 2. The summed E-state index contributed by atoms with van der Waals surface area (Å²) in [4.78, 5) is 25.3. The van der Waals surface area contributed by atoms with Gasteiger partial charge >= 0.3 is 0 Å². The molecule has 2 aromatic rings. The van der Waals surface area contributed by atoms with Crippen LogP contribution < -0.4 is 15.4 Å². The van der Waals surface area contributed by atoms with Gasteiger partial charge in [0.15, 0.2) is 5.78 Å². The summed E-state index contributed by atoms with van der Waals surface area (Å²) in [5.41, 5.74) is 3.36. The third-order valence-electron chi connectivity index (χ3n) is 5.07. The second kappa shape index (κ2) is 7.98. The smallest absolute Gasteiger partial charge is 0.229 e. The minimum absolute atomic E-state index is 0.0952. The maximum absolute atomic E-state index is 13.1. The number of ether oxygens (including phenoxy) is 1. The van der Waals surface area contributed by atoms with E-state index in [1.165, 1.54) is 5.56 Å². The highest BCUT2D eigenvalue weighted by Crippen LogP contribution is 2.32. The molecule has 0 aromatic heterocycles. The lowest BCUT2D eigenvalue weighted by atomic mass is 9.85. The Hall–Kier alpha value is -3.08. The molecule has 0 spiro atoms. The molecule has 0 saturated carbocycles. The van der Waals surface area contributed by atoms with Gasteiger partial charge < -0.3 is 15.4 Å². The van der Waals surface area contributed by atoms with Crippen molar-refractivity contribution in [1.29, 1.82) is 0 Å². The number of carbonyl (C=O) groups excluding carboxylic acids is 2. The lowest BCUT2D eigenvalue weighted by Crippen LogP contribution is -2.43. The molecule has 5 heteroatoms. The molecule has 0 fully saturated rings. The number of carbonyl (C=O) groups is 2. The lowest BCUT2D eigenvalue weighted by molar-refractivity contribution is -0.123. The highest BCUT2D eigenvalue weighted by atomic mass is 16.5. The van der Waals surface area contributed by atoms with Crippen molar-refractivity contribution >= 4 is 23.1 Å². The van der Waals surface area contributed by atoms with Crippen LogP contribution in [0, 0.1) is 5.41 Å². The van der Waals surface area contributed by atoms with E-state index in [-0.39, 0.29) is 17.2 Å². The molecule has 3 rings (SSSR count). The molecule has 5 nitrogen and oxygen atoms in total. The van der Waals surface area contributed by atoms with E-state index in [0.717, 1.165) is 23.4 Å². The van der Waals surface area contributed by atoms with Crippen LogP contribution in [0.1, 0.15) is 56.1 Å². The Bertz CT molecular complexity index is 1010. The van der Waals surface area contributed by atoms with Crippen LogP contribution in [-0.4, -0.2) is 24.3 Å². The molecule has 158 valence electrons. The third kappa shape index (κ3) is 4.90. The number of hydrogen-bond donors (Lipinski definition) is 2. The van der Waals surface area contributed by atoms with Gasteiger partial charge in [0.2, 0.25) is 5.91 Å². The Balaban J connectivity index is 1.93. The highest BCUT2D eigenvalue weighted by Gasteiger charge is 2.28. The average Bonchev–Trinajstić information content (AvgIpc) is 2.66. The molecule has 1 aliphatic rings. The number of fused-ring (bicyclic) bond motifs is 1. The Morgan fingerprint density at radius 2 is 1.87 bits per heavy atom. The number of amides is 1. The summed E-state index contributed by atoms with van der Waals surface area (Å²) in [7, 11) is 1.63. The average molecular weight is 407 g/mol. The van der Waals surface area contributed by atoms with Gasteiger partial charge in [-0.15, -0.1) is 0 Å². The van der Waals surface area contributed by atoms with Crippen molar-refractivity contribution in [3.63, 3.8) is 0 Å². The number of hydrogen-bond acceptors (Lipinski definition) is 4. The summed E-state index contributed by atoms with van der Waals surface area (Å²) in [5, 5.41) is 6.36. The second-order valence-corrected chi connectivity index (χ2v) is 9.42. The SMILES string of the molecule is COc1ccc2c(c1)/C(=C/C(=O)c1cccc(NC(=O)C(C)(C)C)c1)NC(C)(C)C2. The number of ketones is 1. The Morgan fingerprint density at radius 1 is 1.13 bits per heavy atom. The Labute approximate surface area is 178 Å². The second-order valence-electron chi connectivity index (χ2n) is 9.42. The van der Waals surface area contributed by atoms with Gasteiger partial charge in [0.25, 0.3) is 0 Å². The van der Waals surface area contributed by atoms with Gasteiger partial charge in [-0.25, -0.2) is 0 Å². The van der Waals surface area contributed by atoms with Gasteiger partial charge in [-0.05, 0) is 50.1 Å².